The van der Waals surface area contributed by atoms with Crippen molar-refractivity contribution in [3.63, 3.8) is 0 Å². The van der Waals surface area contributed by atoms with Crippen molar-refractivity contribution in [3.05, 3.63) is 65.1 Å². The monoisotopic (exact) mass is 524 g/mol. The number of nitrogens with zero attached hydrogens (tertiary/aromatic N) is 5. The first-order valence-corrected chi connectivity index (χ1v) is 12.9. The number of nitrogens with one attached hydrogen (secondary N) is 3. The average molecular weight is 525 g/mol. The van der Waals surface area contributed by atoms with E-state index in [4.69, 9.17) is 9.97 Å². The van der Waals surface area contributed by atoms with Crippen LogP contribution in [0.15, 0.2) is 59.5 Å². The van der Waals surface area contributed by atoms with E-state index >= 15 is 0 Å². The number of pyridine rings is 2. The minimum absolute atomic E-state index is 0.0749. The minimum Gasteiger partial charge on any atom is -0.336 e. The van der Waals surface area contributed by atoms with Crippen LogP contribution in [0.2, 0.25) is 0 Å². The first-order valence-electron chi connectivity index (χ1n) is 12.1. The number of H-pyrrole nitrogens is 2. The van der Waals surface area contributed by atoms with Crippen LogP contribution < -0.4 is 5.32 Å². The van der Waals surface area contributed by atoms with Crippen LogP contribution in [-0.4, -0.2) is 42.8 Å². The summed E-state index contributed by atoms with van der Waals surface area (Å²) in [5, 5.41) is 10.5. The molecule has 0 radical (unpaired) electrons. The molecule has 0 fully saturated rings. The Morgan fingerprint density at radius 1 is 1.08 bits per heavy atom. The van der Waals surface area contributed by atoms with Crippen molar-refractivity contribution < 1.29 is 4.79 Å². The zero-order chi connectivity index (χ0) is 27.0. The van der Waals surface area contributed by atoms with E-state index in [-0.39, 0.29) is 5.91 Å². The number of aryl methyl sites for hydroxylation is 1. The predicted molar refractivity (Wildman–Crippen MR) is 154 cm³/mol. The number of carbonyl (C=O) groups excluding carboxylic acids is 1. The number of aromatic amines is 2. The summed E-state index contributed by atoms with van der Waals surface area (Å²) in [4.78, 5) is 36.4. The Labute approximate surface area is 223 Å². The lowest BCUT2D eigenvalue weighted by Gasteiger charge is -2.18. The number of aliphatic imine (C=N–C) groups is 1. The van der Waals surface area contributed by atoms with Crippen LogP contribution in [0, 0.1) is 12.3 Å². The number of fused-ring (bicyclic) bond motifs is 2. The molecule has 0 saturated heterocycles. The van der Waals surface area contributed by atoms with Gasteiger partial charge in [0.1, 0.15) is 16.7 Å². The predicted octanol–water partition coefficient (Wildman–Crippen LogP) is 6.04. The molecule has 3 N–H and O–H groups in total. The Morgan fingerprint density at radius 3 is 2.58 bits per heavy atom. The molecule has 192 valence electrons. The van der Waals surface area contributed by atoms with Gasteiger partial charge in [-0.25, -0.2) is 9.97 Å². The first-order chi connectivity index (χ1) is 18.1. The Morgan fingerprint density at radius 2 is 1.87 bits per heavy atom. The van der Waals surface area contributed by atoms with Crippen LogP contribution in [0.1, 0.15) is 38.3 Å². The van der Waals surface area contributed by atoms with E-state index in [0.29, 0.717) is 34.0 Å². The van der Waals surface area contributed by atoms with Crippen LogP contribution in [-0.2, 0) is 4.79 Å². The second-order valence-electron chi connectivity index (χ2n) is 10.0. The van der Waals surface area contributed by atoms with E-state index in [1.165, 1.54) is 4.88 Å². The molecule has 0 saturated carbocycles. The molecule has 0 aliphatic carbocycles. The average Bonchev–Trinajstić information content (AvgIpc) is 3.60. The molecule has 38 heavy (non-hydrogen) atoms. The summed E-state index contributed by atoms with van der Waals surface area (Å²) in [5.74, 6) is 0.518. The molecule has 0 bridgehead atoms. The molecule has 0 aliphatic rings. The van der Waals surface area contributed by atoms with Gasteiger partial charge in [-0.1, -0.05) is 20.8 Å². The summed E-state index contributed by atoms with van der Waals surface area (Å²) in [6.45, 7) is 13.1. The summed E-state index contributed by atoms with van der Waals surface area (Å²) in [6, 6.07) is 9.82. The fraction of sp³-hybridized carbons (Fsp3) is 0.214. The van der Waals surface area contributed by atoms with Gasteiger partial charge in [-0.2, -0.15) is 5.10 Å². The highest BCUT2D eigenvalue weighted by Crippen LogP contribution is 2.33. The molecule has 10 heteroatoms. The topological polar surface area (TPSA) is 125 Å². The lowest BCUT2D eigenvalue weighted by atomic mass is 9.95. The van der Waals surface area contributed by atoms with Crippen molar-refractivity contribution in [1.29, 1.82) is 0 Å². The molecular formula is C28H28N8OS. The fourth-order valence-corrected chi connectivity index (χ4v) is 4.79. The zero-order valence-electron chi connectivity index (χ0n) is 21.9. The first kappa shape index (κ1) is 25.2. The lowest BCUT2D eigenvalue weighted by Crippen LogP contribution is -2.33. The molecule has 0 atom stereocenters. The molecule has 9 nitrogen and oxygen atoms in total. The second kappa shape index (κ2) is 9.79. The lowest BCUT2D eigenvalue weighted by molar-refractivity contribution is -0.127. The maximum Gasteiger partial charge on any atom is 0.229 e. The largest absolute Gasteiger partial charge is 0.336 e. The van der Waals surface area contributed by atoms with Crippen LogP contribution in [0.4, 0.5) is 0 Å². The molecule has 5 rings (SSSR count). The van der Waals surface area contributed by atoms with Gasteiger partial charge in [0.2, 0.25) is 5.91 Å². The van der Waals surface area contributed by atoms with Gasteiger partial charge in [0.15, 0.2) is 11.5 Å². The van der Waals surface area contributed by atoms with Crippen molar-refractivity contribution in [1.82, 2.24) is 35.5 Å². The summed E-state index contributed by atoms with van der Waals surface area (Å²) in [6.07, 6.45) is 5.22. The highest BCUT2D eigenvalue weighted by atomic mass is 32.1. The van der Waals surface area contributed by atoms with Crippen LogP contribution in [0.25, 0.3) is 49.7 Å². The Balaban J connectivity index is 1.55. The van der Waals surface area contributed by atoms with E-state index in [1.807, 2.05) is 52.0 Å². The van der Waals surface area contributed by atoms with E-state index in [1.54, 1.807) is 23.7 Å². The molecule has 5 heterocycles. The third kappa shape index (κ3) is 4.90. The summed E-state index contributed by atoms with van der Waals surface area (Å²) >= 11 is 1.68. The van der Waals surface area contributed by atoms with Gasteiger partial charge >= 0.3 is 0 Å². The molecule has 5 aromatic heterocycles. The number of hydrogen-bond donors (Lipinski definition) is 3. The number of rotatable bonds is 6. The molecule has 0 aromatic carbocycles. The van der Waals surface area contributed by atoms with Gasteiger partial charge < -0.3 is 10.3 Å². The molecule has 0 unspecified atom stereocenters. The van der Waals surface area contributed by atoms with Crippen molar-refractivity contribution in [2.24, 2.45) is 10.4 Å². The number of imidazole rings is 1. The zero-order valence-corrected chi connectivity index (χ0v) is 22.7. The maximum absolute atomic E-state index is 12.4. The summed E-state index contributed by atoms with van der Waals surface area (Å²) in [5.41, 5.74) is 6.02. The quantitative estimate of drug-likeness (QED) is 0.184. The molecule has 5 aromatic rings. The van der Waals surface area contributed by atoms with Gasteiger partial charge in [0, 0.05) is 34.0 Å². The van der Waals surface area contributed by atoms with Crippen molar-refractivity contribution in [2.45, 2.75) is 34.6 Å². The normalized spacial score (nSPS) is 12.9. The van der Waals surface area contributed by atoms with Crippen molar-refractivity contribution >= 4 is 51.6 Å². The van der Waals surface area contributed by atoms with Crippen LogP contribution in [0.5, 0.6) is 0 Å². The number of allylic oxidation sites excluding steroid dienone is 3. The smallest absolute Gasteiger partial charge is 0.229 e. The number of aromatic nitrogens is 6. The van der Waals surface area contributed by atoms with E-state index < -0.39 is 5.41 Å². The molecule has 0 aliphatic heterocycles. The van der Waals surface area contributed by atoms with E-state index in [9.17, 15) is 4.79 Å². The Kier molecular flexibility index (Phi) is 6.50. The number of hydrogen-bond acceptors (Lipinski definition) is 7. The van der Waals surface area contributed by atoms with Gasteiger partial charge in [0.25, 0.3) is 0 Å². The van der Waals surface area contributed by atoms with Gasteiger partial charge in [-0.05, 0) is 57.0 Å². The summed E-state index contributed by atoms with van der Waals surface area (Å²) in [7, 11) is 0. The fourth-order valence-electron chi connectivity index (χ4n) is 3.93. The SMILES string of the molecule is C=N/C=C(\C=C(/C)NC(=O)C(C)(C)C)c1ccc2[nH]nc(-c3nc4c(-c5ccc(C)s5)nccc4[nH]3)c2n1. The van der Waals surface area contributed by atoms with Crippen molar-refractivity contribution in [2.75, 3.05) is 0 Å². The summed E-state index contributed by atoms with van der Waals surface area (Å²) < 4.78 is 0. The molecule has 1 amide bonds. The second-order valence-corrected chi connectivity index (χ2v) is 11.3. The minimum atomic E-state index is -0.511. The van der Waals surface area contributed by atoms with Gasteiger partial charge in [-0.3, -0.25) is 19.9 Å². The number of thiophene rings is 1. The third-order valence-corrected chi connectivity index (χ3v) is 6.90. The number of carbonyl (C=O) groups is 1. The maximum atomic E-state index is 12.4. The highest BCUT2D eigenvalue weighted by Gasteiger charge is 2.21. The van der Waals surface area contributed by atoms with Gasteiger partial charge in [-0.15, -0.1) is 11.3 Å². The third-order valence-electron chi connectivity index (χ3n) is 5.90. The molecular weight excluding hydrogens is 496 g/mol. The van der Waals surface area contributed by atoms with E-state index in [0.717, 1.165) is 27.1 Å². The number of amides is 1. The van der Waals surface area contributed by atoms with Crippen LogP contribution >= 0.6 is 11.3 Å². The standard InChI is InChI=1S/C28H28N8OS/c1-15(31-27(37)28(3,4)5)13-17(14-29-6)18-8-9-20-23(32-18)25(36-35-20)26-33-19-11-12-30-24(22(19)34-26)21-10-7-16(2)38-21/h7-14H,6H2,1-5H3,(H,31,37)(H,33,34)(H,35,36)/b15-13+,17-14+. The molecule has 0 spiro atoms. The van der Waals surface area contributed by atoms with Crippen molar-refractivity contribution in [3.8, 4) is 22.1 Å². The Hall–Kier alpha value is -4.44. The van der Waals surface area contributed by atoms with Gasteiger partial charge in [0.05, 0.1) is 21.6 Å². The van der Waals surface area contributed by atoms with Crippen LogP contribution in [0.3, 0.4) is 0 Å². The Bertz CT molecular complexity index is 1750. The van der Waals surface area contributed by atoms with E-state index in [2.05, 4.69) is 56.2 Å². The highest BCUT2D eigenvalue weighted by molar-refractivity contribution is 7.15.